The third-order valence-electron chi connectivity index (χ3n) is 2.12. The van der Waals surface area contributed by atoms with Crippen LogP contribution in [-0.2, 0) is 11.3 Å². The Morgan fingerprint density at radius 1 is 1.44 bits per heavy atom. The van der Waals surface area contributed by atoms with Gasteiger partial charge in [0.15, 0.2) is 0 Å². The second-order valence-electron chi connectivity index (χ2n) is 3.58. The quantitative estimate of drug-likeness (QED) is 0.664. The molecule has 0 spiro atoms. The summed E-state index contributed by atoms with van der Waals surface area (Å²) in [6.07, 6.45) is 0.613. The van der Waals surface area contributed by atoms with Gasteiger partial charge in [-0.1, -0.05) is 52.9 Å². The summed E-state index contributed by atoms with van der Waals surface area (Å²) in [5.74, 6) is 0. The molecule has 0 aliphatic rings. The van der Waals surface area contributed by atoms with E-state index in [9.17, 15) is 4.79 Å². The Kier molecular flexibility index (Phi) is 6.22. The van der Waals surface area contributed by atoms with Crippen molar-refractivity contribution < 1.29 is 9.53 Å². The van der Waals surface area contributed by atoms with Crippen LogP contribution in [0.3, 0.4) is 0 Å². The fourth-order valence-corrected chi connectivity index (χ4v) is 2.14. The maximum Gasteiger partial charge on any atom is 0.407 e. The van der Waals surface area contributed by atoms with Gasteiger partial charge in [0.1, 0.15) is 6.61 Å². The molecule has 1 atom stereocenters. The summed E-state index contributed by atoms with van der Waals surface area (Å²) in [6, 6.07) is 9.82. The molecule has 3 nitrogen and oxygen atoms in total. The molecule has 16 heavy (non-hydrogen) atoms. The number of rotatable bonds is 5. The SMILES string of the molecule is C[C@H](CCI)NC(=O)OCc1ccccc1. The highest BCUT2D eigenvalue weighted by molar-refractivity contribution is 14.1. The molecule has 0 heterocycles. The lowest BCUT2D eigenvalue weighted by Gasteiger charge is -2.12. The monoisotopic (exact) mass is 333 g/mol. The minimum atomic E-state index is -0.346. The molecule has 0 radical (unpaired) electrons. The smallest absolute Gasteiger partial charge is 0.407 e. The van der Waals surface area contributed by atoms with Crippen LogP contribution in [0, 0.1) is 0 Å². The molecule has 0 saturated heterocycles. The van der Waals surface area contributed by atoms with Gasteiger partial charge in [0.05, 0.1) is 0 Å². The summed E-state index contributed by atoms with van der Waals surface area (Å²) < 4.78 is 6.12. The third kappa shape index (κ3) is 5.34. The van der Waals surface area contributed by atoms with Crippen LogP contribution in [-0.4, -0.2) is 16.6 Å². The molecule has 0 aliphatic heterocycles. The third-order valence-corrected chi connectivity index (χ3v) is 2.74. The number of alkyl halides is 1. The minimum Gasteiger partial charge on any atom is -0.445 e. The van der Waals surface area contributed by atoms with Crippen molar-refractivity contribution in [3.8, 4) is 0 Å². The standard InChI is InChI=1S/C12H16INO2/c1-10(7-8-13)14-12(15)16-9-11-5-3-2-4-6-11/h2-6,10H,7-9H2,1H3,(H,14,15)/t10-/m1/s1. The number of ether oxygens (including phenoxy) is 1. The predicted molar refractivity (Wildman–Crippen MR) is 72.7 cm³/mol. The zero-order valence-electron chi connectivity index (χ0n) is 9.28. The summed E-state index contributed by atoms with van der Waals surface area (Å²) in [5, 5.41) is 2.79. The Labute approximate surface area is 110 Å². The maximum absolute atomic E-state index is 11.4. The van der Waals surface area contributed by atoms with Gasteiger partial charge in [0.2, 0.25) is 0 Å². The molecule has 1 aromatic carbocycles. The van der Waals surface area contributed by atoms with E-state index in [1.165, 1.54) is 0 Å². The molecule has 0 fully saturated rings. The Morgan fingerprint density at radius 2 is 2.12 bits per heavy atom. The molecule has 1 rings (SSSR count). The first kappa shape index (κ1) is 13.3. The summed E-state index contributed by atoms with van der Waals surface area (Å²) >= 11 is 2.29. The summed E-state index contributed by atoms with van der Waals surface area (Å²) in [4.78, 5) is 11.4. The number of benzene rings is 1. The van der Waals surface area contributed by atoms with E-state index in [4.69, 9.17) is 4.74 Å². The number of hydrogen-bond donors (Lipinski definition) is 1. The van der Waals surface area contributed by atoms with E-state index in [0.29, 0.717) is 6.61 Å². The van der Waals surface area contributed by atoms with Crippen molar-refractivity contribution >= 4 is 28.7 Å². The van der Waals surface area contributed by atoms with Crippen molar-refractivity contribution in [1.82, 2.24) is 5.32 Å². The molecular formula is C12H16INO2. The number of alkyl carbamates (subject to hydrolysis) is 1. The molecule has 1 aromatic rings. The van der Waals surface area contributed by atoms with Crippen LogP contribution < -0.4 is 5.32 Å². The van der Waals surface area contributed by atoms with Gasteiger partial charge >= 0.3 is 6.09 Å². The lowest BCUT2D eigenvalue weighted by atomic mass is 10.2. The summed E-state index contributed by atoms with van der Waals surface area (Å²) in [5.41, 5.74) is 0.999. The van der Waals surface area contributed by atoms with Gasteiger partial charge in [-0.25, -0.2) is 4.79 Å². The van der Waals surface area contributed by atoms with Crippen molar-refractivity contribution in [1.29, 1.82) is 0 Å². The highest BCUT2D eigenvalue weighted by Gasteiger charge is 2.07. The van der Waals surface area contributed by atoms with Crippen LogP contribution in [0.1, 0.15) is 18.9 Å². The number of nitrogens with one attached hydrogen (secondary N) is 1. The Hall–Kier alpha value is -0.780. The molecule has 0 saturated carbocycles. The number of carbonyl (C=O) groups is 1. The zero-order valence-corrected chi connectivity index (χ0v) is 11.4. The highest BCUT2D eigenvalue weighted by atomic mass is 127. The number of carbonyl (C=O) groups excluding carboxylic acids is 1. The van der Waals surface area contributed by atoms with Gasteiger partial charge in [-0.05, 0) is 18.9 Å². The van der Waals surface area contributed by atoms with E-state index < -0.39 is 0 Å². The second kappa shape index (κ2) is 7.49. The Bertz CT molecular complexity index is 316. The van der Waals surface area contributed by atoms with Crippen LogP contribution in [0.15, 0.2) is 30.3 Å². The Balaban J connectivity index is 2.25. The number of hydrogen-bond acceptors (Lipinski definition) is 2. The van der Waals surface area contributed by atoms with Crippen LogP contribution >= 0.6 is 22.6 Å². The van der Waals surface area contributed by atoms with Crippen LogP contribution in [0.2, 0.25) is 0 Å². The summed E-state index contributed by atoms with van der Waals surface area (Å²) in [6.45, 7) is 2.30. The molecular weight excluding hydrogens is 317 g/mol. The van der Waals surface area contributed by atoms with Crippen molar-refractivity contribution in [3.05, 3.63) is 35.9 Å². The maximum atomic E-state index is 11.4. The second-order valence-corrected chi connectivity index (χ2v) is 4.66. The Morgan fingerprint density at radius 3 is 2.75 bits per heavy atom. The average Bonchev–Trinajstić information content (AvgIpc) is 2.28. The van der Waals surface area contributed by atoms with Gasteiger partial charge in [0, 0.05) is 10.5 Å². The first-order valence-corrected chi connectivity index (χ1v) is 6.78. The molecule has 0 aliphatic carbocycles. The van der Waals surface area contributed by atoms with Gasteiger partial charge in [-0.15, -0.1) is 0 Å². The fraction of sp³-hybridized carbons (Fsp3) is 0.417. The van der Waals surface area contributed by atoms with Crippen molar-refractivity contribution in [2.24, 2.45) is 0 Å². The molecule has 0 aromatic heterocycles. The fourth-order valence-electron chi connectivity index (χ4n) is 1.20. The first-order valence-electron chi connectivity index (χ1n) is 5.25. The van der Waals surface area contributed by atoms with Gasteiger partial charge in [0.25, 0.3) is 0 Å². The highest BCUT2D eigenvalue weighted by Crippen LogP contribution is 2.01. The van der Waals surface area contributed by atoms with Crippen LogP contribution in [0.25, 0.3) is 0 Å². The number of amides is 1. The van der Waals surface area contributed by atoms with E-state index in [1.54, 1.807) is 0 Å². The first-order chi connectivity index (χ1) is 7.72. The van der Waals surface area contributed by atoms with E-state index in [2.05, 4.69) is 27.9 Å². The minimum absolute atomic E-state index is 0.167. The lowest BCUT2D eigenvalue weighted by Crippen LogP contribution is -2.33. The molecule has 88 valence electrons. The number of halogens is 1. The van der Waals surface area contributed by atoms with Gasteiger partial charge in [-0.3, -0.25) is 0 Å². The summed E-state index contributed by atoms with van der Waals surface area (Å²) in [7, 11) is 0. The van der Waals surface area contributed by atoms with Crippen molar-refractivity contribution in [2.75, 3.05) is 4.43 Å². The van der Waals surface area contributed by atoms with Crippen molar-refractivity contribution in [2.45, 2.75) is 26.0 Å². The lowest BCUT2D eigenvalue weighted by molar-refractivity contribution is 0.136. The molecule has 4 heteroatoms. The van der Waals surface area contributed by atoms with E-state index in [1.807, 2.05) is 37.3 Å². The van der Waals surface area contributed by atoms with Gasteiger partial charge < -0.3 is 10.1 Å². The van der Waals surface area contributed by atoms with Gasteiger partial charge in [-0.2, -0.15) is 0 Å². The van der Waals surface area contributed by atoms with Crippen LogP contribution in [0.5, 0.6) is 0 Å². The van der Waals surface area contributed by atoms with Crippen LogP contribution in [0.4, 0.5) is 4.79 Å². The molecule has 1 amide bonds. The molecule has 1 N–H and O–H groups in total. The van der Waals surface area contributed by atoms with E-state index in [0.717, 1.165) is 16.4 Å². The molecule has 0 bridgehead atoms. The normalized spacial score (nSPS) is 11.9. The zero-order chi connectivity index (χ0) is 11.8. The van der Waals surface area contributed by atoms with E-state index in [-0.39, 0.29) is 12.1 Å². The molecule has 0 unspecified atom stereocenters. The average molecular weight is 333 g/mol. The van der Waals surface area contributed by atoms with Crippen molar-refractivity contribution in [3.63, 3.8) is 0 Å². The van der Waals surface area contributed by atoms with E-state index >= 15 is 0 Å². The predicted octanol–water partition coefficient (Wildman–Crippen LogP) is 3.13. The largest absolute Gasteiger partial charge is 0.445 e. The topological polar surface area (TPSA) is 38.3 Å².